The Morgan fingerprint density at radius 1 is 1.21 bits per heavy atom. The average molecular weight is 373 g/mol. The molecule has 0 atom stereocenters. The summed E-state index contributed by atoms with van der Waals surface area (Å²) in [5, 5.41) is 2.79. The number of likely N-dealkylation sites (tertiary alicyclic amines) is 1. The number of amides is 2. The first-order valence-electron chi connectivity index (χ1n) is 8.10. The molecule has 7 heteroatoms. The zero-order chi connectivity index (χ0) is 17.4. The van der Waals surface area contributed by atoms with Crippen LogP contribution in [0.2, 0.25) is 0 Å². The van der Waals surface area contributed by atoms with Gasteiger partial charge in [-0.3, -0.25) is 9.59 Å². The number of benzene rings is 1. The fraction of sp³-hybridized carbons (Fsp3) is 0.529. The molecule has 0 bridgehead atoms. The van der Waals surface area contributed by atoms with Gasteiger partial charge in [0.05, 0.1) is 6.61 Å². The number of alkyl halides is 2. The maximum Gasteiger partial charge on any atom is 0.253 e. The van der Waals surface area contributed by atoms with E-state index >= 15 is 0 Å². The van der Waals surface area contributed by atoms with Crippen LogP contribution >= 0.6 is 23.2 Å². The van der Waals surface area contributed by atoms with Gasteiger partial charge in [0, 0.05) is 25.6 Å². The minimum absolute atomic E-state index is 0.0305. The van der Waals surface area contributed by atoms with Gasteiger partial charge in [-0.1, -0.05) is 41.4 Å². The van der Waals surface area contributed by atoms with Crippen molar-refractivity contribution in [3.8, 4) is 5.75 Å². The van der Waals surface area contributed by atoms with E-state index in [1.807, 2.05) is 35.2 Å². The lowest BCUT2D eigenvalue weighted by Gasteiger charge is -2.32. The van der Waals surface area contributed by atoms with Gasteiger partial charge in [-0.05, 0) is 31.4 Å². The van der Waals surface area contributed by atoms with Crippen LogP contribution in [0, 0.1) is 0 Å². The number of rotatable bonds is 7. The van der Waals surface area contributed by atoms with Crippen molar-refractivity contribution >= 4 is 35.0 Å². The molecule has 1 fully saturated rings. The third-order valence-corrected chi connectivity index (χ3v) is 4.34. The van der Waals surface area contributed by atoms with Crippen LogP contribution in [0.4, 0.5) is 0 Å². The highest BCUT2D eigenvalue weighted by Gasteiger charge is 2.24. The molecule has 5 nitrogen and oxygen atoms in total. The lowest BCUT2D eigenvalue weighted by molar-refractivity contribution is -0.132. The number of para-hydroxylation sites is 1. The number of nitrogens with zero attached hydrogens (tertiary/aromatic N) is 1. The molecule has 0 saturated carbocycles. The summed E-state index contributed by atoms with van der Waals surface area (Å²) in [7, 11) is 0. The van der Waals surface area contributed by atoms with Crippen molar-refractivity contribution in [2.24, 2.45) is 0 Å². The first kappa shape index (κ1) is 18.9. The number of hydrogen-bond acceptors (Lipinski definition) is 3. The molecular formula is C17H22Cl2N2O3. The van der Waals surface area contributed by atoms with Gasteiger partial charge >= 0.3 is 0 Å². The van der Waals surface area contributed by atoms with Crippen LogP contribution < -0.4 is 10.1 Å². The van der Waals surface area contributed by atoms with E-state index in [0.29, 0.717) is 32.5 Å². The zero-order valence-corrected chi connectivity index (χ0v) is 14.9. The SMILES string of the molecule is O=C(NC1CCN(C(=O)CCCOc2ccccc2)CC1)C(Cl)Cl. The van der Waals surface area contributed by atoms with E-state index in [4.69, 9.17) is 27.9 Å². The van der Waals surface area contributed by atoms with Crippen LogP contribution in [0.1, 0.15) is 25.7 Å². The molecule has 0 aliphatic carbocycles. The molecule has 1 aromatic carbocycles. The van der Waals surface area contributed by atoms with E-state index in [2.05, 4.69) is 5.32 Å². The minimum atomic E-state index is -1.05. The summed E-state index contributed by atoms with van der Waals surface area (Å²) in [5.41, 5.74) is 0. The Hall–Kier alpha value is -1.46. The Bertz CT molecular complexity index is 532. The van der Waals surface area contributed by atoms with Gasteiger partial charge in [0.25, 0.3) is 5.91 Å². The molecule has 0 unspecified atom stereocenters. The predicted molar refractivity (Wildman–Crippen MR) is 94.4 cm³/mol. The number of ether oxygens (including phenoxy) is 1. The standard InChI is InChI=1S/C17H22Cl2N2O3/c18-16(19)17(23)20-13-8-10-21(11-9-13)15(22)7-4-12-24-14-5-2-1-3-6-14/h1-3,5-6,13,16H,4,7-12H2,(H,20,23). The monoisotopic (exact) mass is 372 g/mol. The largest absolute Gasteiger partial charge is 0.494 e. The lowest BCUT2D eigenvalue weighted by atomic mass is 10.0. The Kier molecular flexibility index (Phi) is 7.66. The molecule has 2 amide bonds. The Labute approximate surface area is 152 Å². The van der Waals surface area contributed by atoms with Crippen LogP contribution in [0.5, 0.6) is 5.75 Å². The van der Waals surface area contributed by atoms with Gasteiger partial charge in [-0.2, -0.15) is 0 Å². The van der Waals surface area contributed by atoms with Crippen LogP contribution in [0.3, 0.4) is 0 Å². The molecule has 24 heavy (non-hydrogen) atoms. The Balaban J connectivity index is 1.61. The maximum absolute atomic E-state index is 12.2. The van der Waals surface area contributed by atoms with E-state index in [1.54, 1.807) is 0 Å². The second kappa shape index (κ2) is 9.74. The van der Waals surface area contributed by atoms with Crippen LogP contribution in [-0.2, 0) is 9.59 Å². The fourth-order valence-electron chi connectivity index (χ4n) is 2.63. The average Bonchev–Trinajstić information content (AvgIpc) is 2.60. The molecule has 0 aromatic heterocycles. The molecule has 1 N–H and O–H groups in total. The summed E-state index contributed by atoms with van der Waals surface area (Å²) in [5.74, 6) is 0.573. The smallest absolute Gasteiger partial charge is 0.253 e. The number of nitrogens with one attached hydrogen (secondary N) is 1. The highest BCUT2D eigenvalue weighted by Crippen LogP contribution is 2.14. The van der Waals surface area contributed by atoms with Crippen molar-refractivity contribution in [2.45, 2.75) is 36.6 Å². The van der Waals surface area contributed by atoms with E-state index in [-0.39, 0.29) is 17.9 Å². The van der Waals surface area contributed by atoms with Crippen molar-refractivity contribution in [1.29, 1.82) is 0 Å². The topological polar surface area (TPSA) is 58.6 Å². The van der Waals surface area contributed by atoms with Gasteiger partial charge in [-0.25, -0.2) is 0 Å². The van der Waals surface area contributed by atoms with Crippen molar-refractivity contribution in [2.75, 3.05) is 19.7 Å². The van der Waals surface area contributed by atoms with Gasteiger partial charge < -0.3 is 15.0 Å². The molecule has 132 valence electrons. The minimum Gasteiger partial charge on any atom is -0.494 e. The second-order valence-corrected chi connectivity index (χ2v) is 6.83. The van der Waals surface area contributed by atoms with Crippen LogP contribution in [-0.4, -0.2) is 47.3 Å². The summed E-state index contributed by atoms with van der Waals surface area (Å²) in [6, 6.07) is 9.59. The maximum atomic E-state index is 12.2. The lowest BCUT2D eigenvalue weighted by Crippen LogP contribution is -2.47. The molecule has 1 aromatic rings. The first-order chi connectivity index (χ1) is 11.6. The molecule has 1 aliphatic heterocycles. The molecule has 1 aliphatic rings. The van der Waals surface area contributed by atoms with Gasteiger partial charge in [-0.15, -0.1) is 0 Å². The quantitative estimate of drug-likeness (QED) is 0.591. The highest BCUT2D eigenvalue weighted by molar-refractivity contribution is 6.53. The number of halogens is 2. The highest BCUT2D eigenvalue weighted by atomic mass is 35.5. The molecule has 1 heterocycles. The molecule has 1 saturated heterocycles. The Morgan fingerprint density at radius 2 is 1.88 bits per heavy atom. The van der Waals surface area contributed by atoms with Crippen LogP contribution in [0.25, 0.3) is 0 Å². The molecule has 2 rings (SSSR count). The van der Waals surface area contributed by atoms with Gasteiger partial charge in [0.1, 0.15) is 5.75 Å². The summed E-state index contributed by atoms with van der Waals surface area (Å²) in [4.78, 5) is 24.4. The second-order valence-electron chi connectivity index (χ2n) is 5.73. The van der Waals surface area contributed by atoms with Gasteiger partial charge in [0.2, 0.25) is 5.91 Å². The van der Waals surface area contributed by atoms with Crippen molar-refractivity contribution in [3.63, 3.8) is 0 Å². The number of carbonyl (C=O) groups excluding carboxylic acids is 2. The van der Waals surface area contributed by atoms with Crippen molar-refractivity contribution < 1.29 is 14.3 Å². The molecule has 0 radical (unpaired) electrons. The predicted octanol–water partition coefficient (Wildman–Crippen LogP) is 2.76. The van der Waals surface area contributed by atoms with Crippen LogP contribution in [0.15, 0.2) is 30.3 Å². The third kappa shape index (κ3) is 6.21. The summed E-state index contributed by atoms with van der Waals surface area (Å²) >= 11 is 11.0. The molecular weight excluding hydrogens is 351 g/mol. The Morgan fingerprint density at radius 3 is 2.50 bits per heavy atom. The van der Waals surface area contributed by atoms with Gasteiger partial charge in [0.15, 0.2) is 4.84 Å². The zero-order valence-electron chi connectivity index (χ0n) is 13.4. The van der Waals surface area contributed by atoms with E-state index in [9.17, 15) is 9.59 Å². The van der Waals surface area contributed by atoms with E-state index in [0.717, 1.165) is 18.6 Å². The first-order valence-corrected chi connectivity index (χ1v) is 8.97. The summed E-state index contributed by atoms with van der Waals surface area (Å²) < 4.78 is 5.58. The number of carbonyl (C=O) groups is 2. The molecule has 0 spiro atoms. The fourth-order valence-corrected chi connectivity index (χ4v) is 2.75. The van der Waals surface area contributed by atoms with E-state index in [1.165, 1.54) is 0 Å². The normalized spacial score (nSPS) is 15.4. The summed E-state index contributed by atoms with van der Waals surface area (Å²) in [6.07, 6.45) is 2.59. The van der Waals surface area contributed by atoms with Crippen molar-refractivity contribution in [1.82, 2.24) is 10.2 Å². The third-order valence-electron chi connectivity index (χ3n) is 3.94. The van der Waals surface area contributed by atoms with Crippen molar-refractivity contribution in [3.05, 3.63) is 30.3 Å². The van der Waals surface area contributed by atoms with E-state index < -0.39 is 4.84 Å². The number of hydrogen-bond donors (Lipinski definition) is 1. The summed E-state index contributed by atoms with van der Waals surface area (Å²) in [6.45, 7) is 1.80. The number of piperidine rings is 1.